The van der Waals surface area contributed by atoms with Crippen molar-refractivity contribution in [3.05, 3.63) is 77.9 Å². The number of nitrogens with one attached hydrogen (secondary N) is 2. The van der Waals surface area contributed by atoms with E-state index < -0.39 is 6.04 Å². The first-order chi connectivity index (χ1) is 14.5. The van der Waals surface area contributed by atoms with E-state index >= 15 is 0 Å². The SMILES string of the molecule is COc1ccc(C(NC(=O)c2ccc(NC(=O)C3CC3)cc2)c2nccn2C)cc1. The van der Waals surface area contributed by atoms with Crippen molar-refractivity contribution in [3.63, 3.8) is 0 Å². The lowest BCUT2D eigenvalue weighted by Crippen LogP contribution is -2.31. The second kappa shape index (κ2) is 8.41. The number of rotatable bonds is 7. The third-order valence-corrected chi connectivity index (χ3v) is 5.20. The van der Waals surface area contributed by atoms with E-state index in [1.807, 2.05) is 42.1 Å². The second-order valence-corrected chi connectivity index (χ2v) is 7.42. The van der Waals surface area contributed by atoms with Crippen LogP contribution in [-0.4, -0.2) is 28.5 Å². The molecule has 1 unspecified atom stereocenters. The Labute approximate surface area is 175 Å². The summed E-state index contributed by atoms with van der Waals surface area (Å²) in [5.74, 6) is 1.42. The average molecular weight is 404 g/mol. The van der Waals surface area contributed by atoms with E-state index in [2.05, 4.69) is 15.6 Å². The number of ether oxygens (including phenoxy) is 1. The maximum absolute atomic E-state index is 12.9. The normalized spacial score (nSPS) is 14.1. The van der Waals surface area contributed by atoms with Crippen LogP contribution in [0.1, 0.15) is 40.6 Å². The van der Waals surface area contributed by atoms with Crippen LogP contribution in [0.5, 0.6) is 5.75 Å². The topological polar surface area (TPSA) is 85.2 Å². The van der Waals surface area contributed by atoms with Gasteiger partial charge in [-0.15, -0.1) is 0 Å². The maximum Gasteiger partial charge on any atom is 0.252 e. The summed E-state index contributed by atoms with van der Waals surface area (Å²) in [6.07, 6.45) is 5.45. The van der Waals surface area contributed by atoms with Crippen molar-refractivity contribution in [2.45, 2.75) is 18.9 Å². The molecule has 1 fully saturated rings. The highest BCUT2D eigenvalue weighted by molar-refractivity contribution is 5.97. The standard InChI is InChI=1S/C23H24N4O3/c1-27-14-13-24-21(27)20(15-7-11-19(30-2)12-8-15)26-23(29)17-5-9-18(10-6-17)25-22(28)16-3-4-16/h5-14,16,20H,3-4H2,1-2H3,(H,25,28)(H,26,29). The van der Waals surface area contributed by atoms with Crippen LogP contribution >= 0.6 is 0 Å². The van der Waals surface area contributed by atoms with Crippen LogP contribution in [-0.2, 0) is 11.8 Å². The molecule has 2 aromatic carbocycles. The van der Waals surface area contributed by atoms with Crippen molar-refractivity contribution in [1.82, 2.24) is 14.9 Å². The van der Waals surface area contributed by atoms with E-state index in [4.69, 9.17) is 4.74 Å². The molecule has 4 rings (SSSR count). The van der Waals surface area contributed by atoms with Gasteiger partial charge >= 0.3 is 0 Å². The van der Waals surface area contributed by atoms with Crippen molar-refractivity contribution < 1.29 is 14.3 Å². The highest BCUT2D eigenvalue weighted by Crippen LogP contribution is 2.30. The average Bonchev–Trinajstić information content (AvgIpc) is 3.54. The molecule has 3 aromatic rings. The van der Waals surface area contributed by atoms with Crippen molar-refractivity contribution in [3.8, 4) is 5.75 Å². The van der Waals surface area contributed by atoms with Gasteiger partial charge in [-0.3, -0.25) is 9.59 Å². The molecule has 2 N–H and O–H groups in total. The van der Waals surface area contributed by atoms with Gasteiger partial charge in [0.15, 0.2) is 0 Å². The number of hydrogen-bond acceptors (Lipinski definition) is 4. The van der Waals surface area contributed by atoms with Gasteiger partial charge < -0.3 is 19.9 Å². The van der Waals surface area contributed by atoms with Gasteiger partial charge in [-0.2, -0.15) is 0 Å². The second-order valence-electron chi connectivity index (χ2n) is 7.42. The van der Waals surface area contributed by atoms with E-state index in [1.165, 1.54) is 0 Å². The van der Waals surface area contributed by atoms with Gasteiger partial charge in [0.1, 0.15) is 17.6 Å². The first-order valence-corrected chi connectivity index (χ1v) is 9.88. The number of imidazole rings is 1. The minimum atomic E-state index is -0.419. The molecular formula is C23H24N4O3. The minimum absolute atomic E-state index is 0.0431. The number of aryl methyl sites for hydroxylation is 1. The number of methoxy groups -OCH3 is 1. The van der Waals surface area contributed by atoms with Crippen LogP contribution in [0, 0.1) is 5.92 Å². The Morgan fingerprint density at radius 3 is 2.37 bits per heavy atom. The van der Waals surface area contributed by atoms with Crippen molar-refractivity contribution in [2.75, 3.05) is 12.4 Å². The lowest BCUT2D eigenvalue weighted by atomic mass is 10.0. The molecule has 0 saturated heterocycles. The van der Waals surface area contributed by atoms with Gasteiger partial charge in [0, 0.05) is 36.6 Å². The zero-order valence-corrected chi connectivity index (χ0v) is 17.0. The van der Waals surface area contributed by atoms with Crippen LogP contribution < -0.4 is 15.4 Å². The third-order valence-electron chi connectivity index (χ3n) is 5.20. The molecule has 1 atom stereocenters. The number of aromatic nitrogens is 2. The third kappa shape index (κ3) is 4.35. The van der Waals surface area contributed by atoms with E-state index in [0.29, 0.717) is 11.3 Å². The van der Waals surface area contributed by atoms with Gasteiger partial charge in [0.05, 0.1) is 7.11 Å². The molecule has 0 spiro atoms. The molecule has 7 heteroatoms. The smallest absolute Gasteiger partial charge is 0.252 e. The summed E-state index contributed by atoms with van der Waals surface area (Å²) in [6.45, 7) is 0. The fourth-order valence-corrected chi connectivity index (χ4v) is 3.26. The number of carbonyl (C=O) groups is 2. The van der Waals surface area contributed by atoms with Crippen LogP contribution in [0.15, 0.2) is 60.9 Å². The molecule has 0 aliphatic heterocycles. The maximum atomic E-state index is 12.9. The molecule has 0 bridgehead atoms. The molecule has 154 valence electrons. The van der Waals surface area contributed by atoms with E-state index in [-0.39, 0.29) is 17.7 Å². The quantitative estimate of drug-likeness (QED) is 0.633. The molecule has 1 heterocycles. The Balaban J connectivity index is 1.52. The lowest BCUT2D eigenvalue weighted by Gasteiger charge is -2.19. The van der Waals surface area contributed by atoms with E-state index in [0.717, 1.165) is 30.0 Å². The number of anilines is 1. The summed E-state index contributed by atoms with van der Waals surface area (Å²) in [5.41, 5.74) is 2.10. The summed E-state index contributed by atoms with van der Waals surface area (Å²) in [7, 11) is 3.51. The largest absolute Gasteiger partial charge is 0.497 e. The van der Waals surface area contributed by atoms with Gasteiger partial charge in [0.2, 0.25) is 5.91 Å². The monoisotopic (exact) mass is 404 g/mol. The molecule has 2 amide bonds. The van der Waals surface area contributed by atoms with Crippen molar-refractivity contribution >= 4 is 17.5 Å². The van der Waals surface area contributed by atoms with Crippen LogP contribution in [0.3, 0.4) is 0 Å². The fourth-order valence-electron chi connectivity index (χ4n) is 3.26. The highest BCUT2D eigenvalue weighted by Gasteiger charge is 2.29. The summed E-state index contributed by atoms with van der Waals surface area (Å²) in [6, 6.07) is 14.0. The Morgan fingerprint density at radius 1 is 1.10 bits per heavy atom. The molecule has 1 saturated carbocycles. The van der Waals surface area contributed by atoms with Crippen molar-refractivity contribution in [2.24, 2.45) is 13.0 Å². The Bertz CT molecular complexity index is 1040. The molecule has 7 nitrogen and oxygen atoms in total. The molecule has 1 aliphatic carbocycles. The van der Waals surface area contributed by atoms with Crippen LogP contribution in [0.4, 0.5) is 5.69 Å². The predicted molar refractivity (Wildman–Crippen MR) is 113 cm³/mol. The highest BCUT2D eigenvalue weighted by atomic mass is 16.5. The van der Waals surface area contributed by atoms with E-state index in [9.17, 15) is 9.59 Å². The lowest BCUT2D eigenvalue weighted by molar-refractivity contribution is -0.117. The Kier molecular flexibility index (Phi) is 5.52. The molecule has 0 radical (unpaired) electrons. The summed E-state index contributed by atoms with van der Waals surface area (Å²) < 4.78 is 7.11. The van der Waals surface area contributed by atoms with Crippen molar-refractivity contribution in [1.29, 1.82) is 0 Å². The molecule has 30 heavy (non-hydrogen) atoms. The van der Waals surface area contributed by atoms with Gasteiger partial charge in [-0.1, -0.05) is 12.1 Å². The minimum Gasteiger partial charge on any atom is -0.497 e. The van der Waals surface area contributed by atoms with Gasteiger partial charge in [-0.25, -0.2) is 4.98 Å². The van der Waals surface area contributed by atoms with Crippen LogP contribution in [0.25, 0.3) is 0 Å². The molecule has 1 aromatic heterocycles. The number of benzene rings is 2. The zero-order valence-electron chi connectivity index (χ0n) is 17.0. The number of carbonyl (C=O) groups excluding carboxylic acids is 2. The summed E-state index contributed by atoms with van der Waals surface area (Å²) in [5, 5.41) is 5.95. The number of hydrogen-bond donors (Lipinski definition) is 2. The zero-order chi connectivity index (χ0) is 21.1. The first kappa shape index (κ1) is 19.7. The van der Waals surface area contributed by atoms with E-state index in [1.54, 1.807) is 37.6 Å². The number of nitrogens with zero attached hydrogens (tertiary/aromatic N) is 2. The Morgan fingerprint density at radius 2 is 1.80 bits per heavy atom. The van der Waals surface area contributed by atoms with Gasteiger partial charge in [-0.05, 0) is 54.8 Å². The van der Waals surface area contributed by atoms with Crippen LogP contribution in [0.2, 0.25) is 0 Å². The van der Waals surface area contributed by atoms with Gasteiger partial charge in [0.25, 0.3) is 5.91 Å². The first-order valence-electron chi connectivity index (χ1n) is 9.88. The molecular weight excluding hydrogens is 380 g/mol. The predicted octanol–water partition coefficient (Wildman–Crippen LogP) is 3.30. The summed E-state index contributed by atoms with van der Waals surface area (Å²) >= 11 is 0. The Hall–Kier alpha value is -3.61. The molecule has 1 aliphatic rings. The fraction of sp³-hybridized carbons (Fsp3) is 0.261. The summed E-state index contributed by atoms with van der Waals surface area (Å²) in [4.78, 5) is 29.3. The number of amides is 2.